The molecular formula is C14H13BrN2O2S. The lowest BCUT2D eigenvalue weighted by atomic mass is 10.1. The Labute approximate surface area is 127 Å². The van der Waals surface area contributed by atoms with E-state index < -0.39 is 16.7 Å². The van der Waals surface area contributed by atoms with Crippen molar-refractivity contribution in [3.8, 4) is 0 Å². The normalized spacial score (nSPS) is 12.1. The van der Waals surface area contributed by atoms with Gasteiger partial charge in [0.15, 0.2) is 0 Å². The van der Waals surface area contributed by atoms with E-state index in [1.165, 1.54) is 0 Å². The van der Waals surface area contributed by atoms with Gasteiger partial charge in [-0.25, -0.2) is 0 Å². The third-order valence-electron chi connectivity index (χ3n) is 2.79. The highest BCUT2D eigenvalue weighted by atomic mass is 79.9. The summed E-state index contributed by atoms with van der Waals surface area (Å²) in [6.45, 7) is 0. The lowest BCUT2D eigenvalue weighted by molar-refractivity contribution is 0.0999. The summed E-state index contributed by atoms with van der Waals surface area (Å²) in [5.41, 5.74) is 12.6. The highest BCUT2D eigenvalue weighted by Crippen LogP contribution is 2.24. The van der Waals surface area contributed by atoms with Crippen LogP contribution in [-0.4, -0.2) is 10.1 Å². The third-order valence-corrected chi connectivity index (χ3v) is 4.70. The van der Waals surface area contributed by atoms with Gasteiger partial charge in [-0.1, -0.05) is 34.1 Å². The van der Waals surface area contributed by atoms with Crippen molar-refractivity contribution in [1.29, 1.82) is 0 Å². The molecule has 0 saturated carbocycles. The maximum absolute atomic E-state index is 12.4. The fourth-order valence-electron chi connectivity index (χ4n) is 1.81. The van der Waals surface area contributed by atoms with Crippen LogP contribution in [0.25, 0.3) is 0 Å². The Bertz CT molecular complexity index is 689. The van der Waals surface area contributed by atoms with Crippen molar-refractivity contribution in [3.63, 3.8) is 0 Å². The number of nitrogens with two attached hydrogens (primary N) is 2. The van der Waals surface area contributed by atoms with Crippen molar-refractivity contribution in [2.24, 2.45) is 5.73 Å². The first-order chi connectivity index (χ1) is 9.49. The second-order valence-electron chi connectivity index (χ2n) is 4.19. The first kappa shape index (κ1) is 14.7. The molecule has 0 spiro atoms. The van der Waals surface area contributed by atoms with Crippen LogP contribution in [0.3, 0.4) is 0 Å². The summed E-state index contributed by atoms with van der Waals surface area (Å²) >= 11 is 3.32. The lowest BCUT2D eigenvalue weighted by Crippen LogP contribution is -2.14. The third kappa shape index (κ3) is 3.26. The van der Waals surface area contributed by atoms with Gasteiger partial charge in [-0.15, -0.1) is 0 Å². The minimum absolute atomic E-state index is 0.194. The second-order valence-corrected chi connectivity index (χ2v) is 6.53. The number of halogens is 1. The highest BCUT2D eigenvalue weighted by molar-refractivity contribution is 9.10. The van der Waals surface area contributed by atoms with Gasteiger partial charge in [0.25, 0.3) is 0 Å². The first-order valence-corrected chi connectivity index (χ1v) is 7.91. The predicted molar refractivity (Wildman–Crippen MR) is 83.6 cm³/mol. The Morgan fingerprint density at radius 3 is 2.60 bits per heavy atom. The molecule has 20 heavy (non-hydrogen) atoms. The Balaban J connectivity index is 2.33. The molecule has 0 aromatic heterocycles. The first-order valence-electron chi connectivity index (χ1n) is 5.80. The largest absolute Gasteiger partial charge is 0.398 e. The summed E-state index contributed by atoms with van der Waals surface area (Å²) in [7, 11) is -1.35. The molecule has 1 amide bonds. The van der Waals surface area contributed by atoms with E-state index in [1.807, 2.05) is 0 Å². The molecule has 0 bridgehead atoms. The van der Waals surface area contributed by atoms with E-state index in [0.29, 0.717) is 21.7 Å². The number of carbonyl (C=O) groups is 1. The minimum atomic E-state index is -1.35. The molecule has 1 unspecified atom stereocenters. The van der Waals surface area contributed by atoms with Gasteiger partial charge in [0, 0.05) is 15.7 Å². The Morgan fingerprint density at radius 1 is 1.20 bits per heavy atom. The molecule has 1 atom stereocenters. The van der Waals surface area contributed by atoms with Crippen molar-refractivity contribution >= 4 is 38.3 Å². The molecule has 2 aromatic carbocycles. The van der Waals surface area contributed by atoms with Crippen LogP contribution in [0.2, 0.25) is 0 Å². The summed E-state index contributed by atoms with van der Waals surface area (Å²) in [6.07, 6.45) is 0. The number of hydrogen-bond donors (Lipinski definition) is 2. The number of rotatable bonds is 4. The summed E-state index contributed by atoms with van der Waals surface area (Å²) in [6, 6.07) is 12.1. The molecule has 0 saturated heterocycles. The van der Waals surface area contributed by atoms with Crippen LogP contribution in [0.4, 0.5) is 5.69 Å². The average molecular weight is 353 g/mol. The molecule has 2 aromatic rings. The van der Waals surface area contributed by atoms with Crippen molar-refractivity contribution in [1.82, 2.24) is 0 Å². The summed E-state index contributed by atoms with van der Waals surface area (Å²) < 4.78 is 13.2. The zero-order valence-corrected chi connectivity index (χ0v) is 12.9. The standard InChI is InChI=1S/C14H13BrN2O2S/c15-10-5-6-12(16)13(7-10)20(19)8-9-3-1-2-4-11(9)14(17)18/h1-7H,8,16H2,(H2,17,18). The number of amides is 1. The van der Waals surface area contributed by atoms with Gasteiger partial charge in [0.05, 0.1) is 21.4 Å². The van der Waals surface area contributed by atoms with Gasteiger partial charge >= 0.3 is 0 Å². The fourth-order valence-corrected chi connectivity index (χ4v) is 3.60. The van der Waals surface area contributed by atoms with Gasteiger partial charge in [-0.05, 0) is 29.8 Å². The van der Waals surface area contributed by atoms with Crippen LogP contribution >= 0.6 is 15.9 Å². The van der Waals surface area contributed by atoms with Crippen molar-refractivity contribution in [2.45, 2.75) is 10.6 Å². The van der Waals surface area contributed by atoms with E-state index in [1.54, 1.807) is 42.5 Å². The van der Waals surface area contributed by atoms with Gasteiger partial charge in [0.1, 0.15) is 0 Å². The molecule has 0 heterocycles. The number of benzene rings is 2. The molecule has 4 N–H and O–H groups in total. The van der Waals surface area contributed by atoms with E-state index in [4.69, 9.17) is 11.5 Å². The maximum Gasteiger partial charge on any atom is 0.249 e. The molecule has 6 heteroatoms. The predicted octanol–water partition coefficient (Wildman–Crippen LogP) is 2.44. The van der Waals surface area contributed by atoms with E-state index in [2.05, 4.69) is 15.9 Å². The summed E-state index contributed by atoms with van der Waals surface area (Å²) in [4.78, 5) is 11.9. The smallest absolute Gasteiger partial charge is 0.249 e. The Kier molecular flexibility index (Phi) is 4.57. The van der Waals surface area contributed by atoms with Crippen LogP contribution in [0.1, 0.15) is 15.9 Å². The molecule has 0 aliphatic heterocycles. The number of hydrogen-bond acceptors (Lipinski definition) is 3. The van der Waals surface area contributed by atoms with Crippen LogP contribution in [0, 0.1) is 0 Å². The number of anilines is 1. The van der Waals surface area contributed by atoms with Crippen molar-refractivity contribution in [2.75, 3.05) is 5.73 Å². The van der Waals surface area contributed by atoms with E-state index in [9.17, 15) is 9.00 Å². The average Bonchev–Trinajstić information content (AvgIpc) is 2.41. The van der Waals surface area contributed by atoms with Gasteiger partial charge < -0.3 is 11.5 Å². The zero-order chi connectivity index (χ0) is 14.7. The number of primary amides is 1. The second kappa shape index (κ2) is 6.19. The van der Waals surface area contributed by atoms with E-state index in [-0.39, 0.29) is 5.75 Å². The molecule has 0 aliphatic rings. The monoisotopic (exact) mass is 352 g/mol. The van der Waals surface area contributed by atoms with Gasteiger partial charge in [-0.3, -0.25) is 9.00 Å². The van der Waals surface area contributed by atoms with E-state index >= 15 is 0 Å². The van der Waals surface area contributed by atoms with Crippen LogP contribution < -0.4 is 11.5 Å². The lowest BCUT2D eigenvalue weighted by Gasteiger charge is -2.09. The molecule has 0 aliphatic carbocycles. The topological polar surface area (TPSA) is 86.2 Å². The molecule has 0 fully saturated rings. The molecule has 2 rings (SSSR count). The van der Waals surface area contributed by atoms with Gasteiger partial charge in [-0.2, -0.15) is 0 Å². The SMILES string of the molecule is NC(=O)c1ccccc1CS(=O)c1cc(Br)ccc1N. The summed E-state index contributed by atoms with van der Waals surface area (Å²) in [5.74, 6) is -0.334. The zero-order valence-electron chi connectivity index (χ0n) is 10.5. The Hall–Kier alpha value is -1.66. The fraction of sp³-hybridized carbons (Fsp3) is 0.0714. The van der Waals surface area contributed by atoms with Crippen molar-refractivity contribution < 1.29 is 9.00 Å². The van der Waals surface area contributed by atoms with Gasteiger partial charge in [0.2, 0.25) is 5.91 Å². The minimum Gasteiger partial charge on any atom is -0.398 e. The maximum atomic E-state index is 12.4. The molecular weight excluding hydrogens is 340 g/mol. The molecule has 4 nitrogen and oxygen atoms in total. The Morgan fingerprint density at radius 2 is 1.90 bits per heavy atom. The number of nitrogen functional groups attached to an aromatic ring is 1. The highest BCUT2D eigenvalue weighted by Gasteiger charge is 2.14. The summed E-state index contributed by atoms with van der Waals surface area (Å²) in [5, 5.41) is 0. The van der Waals surface area contributed by atoms with Crippen LogP contribution in [0.15, 0.2) is 51.8 Å². The molecule has 104 valence electrons. The van der Waals surface area contributed by atoms with Crippen molar-refractivity contribution in [3.05, 3.63) is 58.1 Å². The molecule has 0 radical (unpaired) electrons. The van der Waals surface area contributed by atoms with Crippen LogP contribution in [0.5, 0.6) is 0 Å². The number of carbonyl (C=O) groups excluding carboxylic acids is 1. The van der Waals surface area contributed by atoms with Crippen LogP contribution in [-0.2, 0) is 16.6 Å². The quantitative estimate of drug-likeness (QED) is 0.828. The van der Waals surface area contributed by atoms with E-state index in [0.717, 1.165) is 4.47 Å².